The summed E-state index contributed by atoms with van der Waals surface area (Å²) in [7, 11) is 0. The normalized spacial score (nSPS) is 21.4. The van der Waals surface area contributed by atoms with E-state index >= 15 is 0 Å². The van der Waals surface area contributed by atoms with Crippen molar-refractivity contribution in [3.05, 3.63) is 28.5 Å². The van der Waals surface area contributed by atoms with Gasteiger partial charge in [-0.3, -0.25) is 0 Å². The monoisotopic (exact) mass is 300 g/mol. The molecule has 1 atom stereocenters. The van der Waals surface area contributed by atoms with Crippen LogP contribution in [0.25, 0.3) is 0 Å². The smallest absolute Gasteiger partial charge is 0.139 e. The van der Waals surface area contributed by atoms with Crippen molar-refractivity contribution in [2.24, 2.45) is 0 Å². The number of halogens is 2. The highest BCUT2D eigenvalue weighted by Gasteiger charge is 2.17. The second-order valence-corrected chi connectivity index (χ2v) is 5.31. The van der Waals surface area contributed by atoms with Gasteiger partial charge in [-0.15, -0.1) is 0 Å². The van der Waals surface area contributed by atoms with E-state index in [0.29, 0.717) is 10.5 Å². The number of hydrogen-bond acceptors (Lipinski definition) is 2. The maximum absolute atomic E-state index is 13.5. The first-order chi connectivity index (χ1) is 8.20. The molecule has 2 nitrogen and oxygen atoms in total. The van der Waals surface area contributed by atoms with Gasteiger partial charge in [0.05, 0.1) is 4.47 Å². The molecule has 94 valence electrons. The molecule has 1 aromatic carbocycles. The summed E-state index contributed by atoms with van der Waals surface area (Å²) in [6, 6.07) is 5.88. The lowest BCUT2D eigenvalue weighted by Crippen LogP contribution is -2.37. The Morgan fingerprint density at radius 3 is 3.06 bits per heavy atom. The zero-order valence-electron chi connectivity index (χ0n) is 10.0. The fourth-order valence-electron chi connectivity index (χ4n) is 2.19. The van der Waals surface area contributed by atoms with Crippen LogP contribution in [0.4, 0.5) is 10.1 Å². The summed E-state index contributed by atoms with van der Waals surface area (Å²) in [5.41, 5.74) is 0.979. The third-order valence-electron chi connectivity index (χ3n) is 3.24. The molecule has 0 spiro atoms. The summed E-state index contributed by atoms with van der Waals surface area (Å²) in [5.74, 6) is -0.187. The summed E-state index contributed by atoms with van der Waals surface area (Å²) in [6.07, 6.45) is 2.21. The van der Waals surface area contributed by atoms with Crippen LogP contribution >= 0.6 is 15.9 Å². The Balaban J connectivity index is 2.16. The van der Waals surface area contributed by atoms with Crippen LogP contribution in [0, 0.1) is 5.82 Å². The van der Waals surface area contributed by atoms with Gasteiger partial charge >= 0.3 is 0 Å². The molecule has 0 amide bonds. The van der Waals surface area contributed by atoms with E-state index in [1.165, 1.54) is 0 Å². The first kappa shape index (κ1) is 12.8. The van der Waals surface area contributed by atoms with Crippen LogP contribution in [0.1, 0.15) is 19.8 Å². The van der Waals surface area contributed by atoms with Gasteiger partial charge in [-0.25, -0.2) is 4.39 Å². The van der Waals surface area contributed by atoms with Crippen molar-refractivity contribution in [3.8, 4) is 0 Å². The molecule has 1 heterocycles. The Hall–Kier alpha value is -0.610. The van der Waals surface area contributed by atoms with Gasteiger partial charge in [-0.05, 0) is 53.5 Å². The van der Waals surface area contributed by atoms with Crippen molar-refractivity contribution in [2.45, 2.75) is 25.8 Å². The number of hydrogen-bond donors (Lipinski definition) is 1. The van der Waals surface area contributed by atoms with Gasteiger partial charge in [0.1, 0.15) is 5.82 Å². The lowest BCUT2D eigenvalue weighted by Gasteiger charge is -2.26. The topological polar surface area (TPSA) is 15.3 Å². The Labute approximate surface area is 110 Å². The van der Waals surface area contributed by atoms with E-state index in [4.69, 9.17) is 0 Å². The van der Waals surface area contributed by atoms with Gasteiger partial charge in [-0.2, -0.15) is 0 Å². The van der Waals surface area contributed by atoms with E-state index < -0.39 is 0 Å². The maximum Gasteiger partial charge on any atom is 0.139 e. The summed E-state index contributed by atoms with van der Waals surface area (Å²) in [5, 5.41) is 3.51. The van der Waals surface area contributed by atoms with Crippen LogP contribution in [0.3, 0.4) is 0 Å². The maximum atomic E-state index is 13.5. The Bertz CT molecular complexity index is 384. The summed E-state index contributed by atoms with van der Waals surface area (Å²) in [6.45, 7) is 5.18. The molecule has 1 saturated heterocycles. The number of benzene rings is 1. The van der Waals surface area contributed by atoms with Crippen molar-refractivity contribution in [2.75, 3.05) is 24.5 Å². The van der Waals surface area contributed by atoms with Crippen LogP contribution in [0.15, 0.2) is 22.7 Å². The molecule has 0 saturated carbocycles. The van der Waals surface area contributed by atoms with E-state index in [-0.39, 0.29) is 5.82 Å². The van der Waals surface area contributed by atoms with Crippen molar-refractivity contribution >= 4 is 21.6 Å². The zero-order chi connectivity index (χ0) is 12.3. The minimum atomic E-state index is -0.187. The van der Waals surface area contributed by atoms with Crippen LogP contribution < -0.4 is 10.2 Å². The molecule has 1 N–H and O–H groups in total. The highest BCUT2D eigenvalue weighted by atomic mass is 79.9. The third-order valence-corrected chi connectivity index (χ3v) is 3.88. The van der Waals surface area contributed by atoms with Crippen LogP contribution in [-0.2, 0) is 0 Å². The summed E-state index contributed by atoms with van der Waals surface area (Å²) in [4.78, 5) is 2.27. The number of nitrogens with one attached hydrogen (secondary N) is 1. The van der Waals surface area contributed by atoms with E-state index in [9.17, 15) is 4.39 Å². The second-order valence-electron chi connectivity index (χ2n) is 4.46. The molecule has 0 aliphatic carbocycles. The van der Waals surface area contributed by atoms with Gasteiger partial charge in [0, 0.05) is 24.8 Å². The highest BCUT2D eigenvalue weighted by Crippen LogP contribution is 2.23. The fourth-order valence-corrected chi connectivity index (χ4v) is 2.43. The molecule has 1 fully saturated rings. The molecule has 0 aromatic heterocycles. The van der Waals surface area contributed by atoms with E-state index in [0.717, 1.165) is 38.2 Å². The lowest BCUT2D eigenvalue weighted by atomic mass is 10.2. The number of nitrogens with zero attached hydrogens (tertiary/aromatic N) is 1. The van der Waals surface area contributed by atoms with Crippen molar-refractivity contribution in [3.63, 3.8) is 0 Å². The average molecular weight is 301 g/mol. The van der Waals surface area contributed by atoms with Crippen LogP contribution in [-0.4, -0.2) is 25.7 Å². The third kappa shape index (κ3) is 3.19. The molecule has 17 heavy (non-hydrogen) atoms. The van der Waals surface area contributed by atoms with Gasteiger partial charge in [0.25, 0.3) is 0 Å². The second kappa shape index (κ2) is 5.83. The molecular formula is C13H18BrFN2. The molecule has 2 rings (SSSR count). The van der Waals surface area contributed by atoms with Gasteiger partial charge in [-0.1, -0.05) is 6.92 Å². The van der Waals surface area contributed by atoms with Gasteiger partial charge in [0.2, 0.25) is 0 Å². The van der Waals surface area contributed by atoms with E-state index in [2.05, 4.69) is 33.1 Å². The molecule has 0 radical (unpaired) electrons. The van der Waals surface area contributed by atoms with E-state index in [1.54, 1.807) is 12.1 Å². The predicted molar refractivity (Wildman–Crippen MR) is 73.0 cm³/mol. The highest BCUT2D eigenvalue weighted by molar-refractivity contribution is 9.10. The number of anilines is 1. The Morgan fingerprint density at radius 1 is 1.53 bits per heavy atom. The number of rotatable bonds is 2. The van der Waals surface area contributed by atoms with E-state index in [1.807, 2.05) is 6.07 Å². The lowest BCUT2D eigenvalue weighted by molar-refractivity contribution is 0.528. The van der Waals surface area contributed by atoms with Crippen LogP contribution in [0.5, 0.6) is 0 Å². The molecule has 4 heteroatoms. The minimum absolute atomic E-state index is 0.187. The summed E-state index contributed by atoms with van der Waals surface area (Å²) < 4.78 is 14.1. The molecule has 1 aliphatic rings. The van der Waals surface area contributed by atoms with Gasteiger partial charge in [0.15, 0.2) is 0 Å². The largest absolute Gasteiger partial charge is 0.370 e. The molecule has 1 unspecified atom stereocenters. The van der Waals surface area contributed by atoms with Crippen LogP contribution in [0.2, 0.25) is 0 Å². The minimum Gasteiger partial charge on any atom is -0.370 e. The summed E-state index contributed by atoms with van der Waals surface area (Å²) >= 11 is 3.19. The van der Waals surface area contributed by atoms with Crippen molar-refractivity contribution < 1.29 is 4.39 Å². The molecule has 1 aromatic rings. The Morgan fingerprint density at radius 2 is 2.35 bits per heavy atom. The fraction of sp³-hybridized carbons (Fsp3) is 0.538. The predicted octanol–water partition coefficient (Wildman–Crippen LogP) is 3.17. The first-order valence-electron chi connectivity index (χ1n) is 6.14. The van der Waals surface area contributed by atoms with Gasteiger partial charge < -0.3 is 10.2 Å². The van der Waals surface area contributed by atoms with Crippen molar-refractivity contribution in [1.29, 1.82) is 0 Å². The molecule has 0 bridgehead atoms. The zero-order valence-corrected chi connectivity index (χ0v) is 11.6. The average Bonchev–Trinajstić information content (AvgIpc) is 2.58. The first-order valence-corrected chi connectivity index (χ1v) is 6.93. The molecule has 1 aliphatic heterocycles. The standard InChI is InChI=1S/C13H18BrFN2/c1-2-10-9-17(7-3-6-16-10)11-4-5-12(14)13(15)8-11/h4-5,8,10,16H,2-3,6-7,9H2,1H3. The Kier molecular flexibility index (Phi) is 4.40. The SMILES string of the molecule is CCC1CN(c2ccc(Br)c(F)c2)CCCN1. The quantitative estimate of drug-likeness (QED) is 0.902. The van der Waals surface area contributed by atoms with Crippen molar-refractivity contribution in [1.82, 2.24) is 5.32 Å². The molecular weight excluding hydrogens is 283 g/mol.